The topological polar surface area (TPSA) is 55.0 Å². The summed E-state index contributed by atoms with van der Waals surface area (Å²) in [7, 11) is 0. The highest BCUT2D eigenvalue weighted by atomic mass is 15.2. The molecular weight excluding hydrogens is 260 g/mol. The van der Waals surface area contributed by atoms with Gasteiger partial charge in [-0.1, -0.05) is 44.2 Å². The number of nitrogens with zero attached hydrogens (tertiary/aromatic N) is 3. The van der Waals surface area contributed by atoms with Crippen molar-refractivity contribution >= 4 is 17.3 Å². The second kappa shape index (κ2) is 5.35. The molecule has 0 spiro atoms. The minimum absolute atomic E-state index is 0.0641. The van der Waals surface area contributed by atoms with E-state index in [0.29, 0.717) is 5.95 Å². The standard InChI is InChI=1S/C17H22N4/c1-17(2)8-5-6-13(7-9-17)14-12-15(20-16(18)19-14)21-10-3-4-11-21/h5-9,12H,3-4,10-11H2,1-2H3,(H2,18,19,20). The number of anilines is 2. The van der Waals surface area contributed by atoms with Gasteiger partial charge in [-0.05, 0) is 12.8 Å². The molecule has 1 aromatic rings. The third-order valence-corrected chi connectivity index (χ3v) is 3.95. The van der Waals surface area contributed by atoms with E-state index in [-0.39, 0.29) is 5.41 Å². The number of allylic oxidation sites excluding steroid dienone is 6. The Hall–Kier alpha value is -2.10. The first-order valence-corrected chi connectivity index (χ1v) is 7.52. The van der Waals surface area contributed by atoms with Crippen LogP contribution in [0, 0.1) is 5.41 Å². The van der Waals surface area contributed by atoms with Crippen LogP contribution >= 0.6 is 0 Å². The highest BCUT2D eigenvalue weighted by Gasteiger charge is 2.17. The molecule has 110 valence electrons. The largest absolute Gasteiger partial charge is 0.368 e. The monoisotopic (exact) mass is 282 g/mol. The molecule has 1 aromatic heterocycles. The molecule has 1 aliphatic carbocycles. The second-order valence-electron chi connectivity index (χ2n) is 6.30. The zero-order valence-electron chi connectivity index (χ0n) is 12.7. The van der Waals surface area contributed by atoms with E-state index >= 15 is 0 Å². The van der Waals surface area contributed by atoms with Crippen molar-refractivity contribution in [2.45, 2.75) is 26.7 Å². The van der Waals surface area contributed by atoms with Gasteiger partial charge >= 0.3 is 0 Å². The first-order chi connectivity index (χ1) is 10.0. The lowest BCUT2D eigenvalue weighted by Crippen LogP contribution is -2.20. The number of hydrogen-bond donors (Lipinski definition) is 1. The van der Waals surface area contributed by atoms with Gasteiger partial charge in [0.25, 0.3) is 0 Å². The zero-order chi connectivity index (χ0) is 14.9. The van der Waals surface area contributed by atoms with Gasteiger partial charge in [-0.3, -0.25) is 0 Å². The summed E-state index contributed by atoms with van der Waals surface area (Å²) in [6.45, 7) is 6.47. The molecule has 0 unspecified atom stereocenters. The molecule has 3 rings (SSSR count). The summed E-state index contributed by atoms with van der Waals surface area (Å²) >= 11 is 0. The summed E-state index contributed by atoms with van der Waals surface area (Å²) < 4.78 is 0. The maximum atomic E-state index is 5.91. The van der Waals surface area contributed by atoms with Crippen molar-refractivity contribution in [1.29, 1.82) is 0 Å². The summed E-state index contributed by atoms with van der Waals surface area (Å²) in [6, 6.07) is 2.05. The van der Waals surface area contributed by atoms with Crippen molar-refractivity contribution in [3.63, 3.8) is 0 Å². The van der Waals surface area contributed by atoms with Crippen LogP contribution in [0.3, 0.4) is 0 Å². The van der Waals surface area contributed by atoms with Gasteiger partial charge in [-0.2, -0.15) is 4.98 Å². The Morgan fingerprint density at radius 2 is 1.90 bits per heavy atom. The first kappa shape index (κ1) is 13.9. The fourth-order valence-electron chi connectivity index (χ4n) is 2.69. The van der Waals surface area contributed by atoms with E-state index in [9.17, 15) is 0 Å². The zero-order valence-corrected chi connectivity index (χ0v) is 12.7. The third-order valence-electron chi connectivity index (χ3n) is 3.95. The Morgan fingerprint density at radius 1 is 1.14 bits per heavy atom. The van der Waals surface area contributed by atoms with Gasteiger partial charge in [0.05, 0.1) is 5.69 Å². The lowest BCUT2D eigenvalue weighted by molar-refractivity contribution is 0.627. The van der Waals surface area contributed by atoms with E-state index in [4.69, 9.17) is 5.73 Å². The predicted molar refractivity (Wildman–Crippen MR) is 87.9 cm³/mol. The van der Waals surface area contributed by atoms with Gasteiger partial charge in [0.15, 0.2) is 0 Å². The van der Waals surface area contributed by atoms with Crippen molar-refractivity contribution in [3.8, 4) is 0 Å². The van der Waals surface area contributed by atoms with Gasteiger partial charge in [0.2, 0.25) is 5.95 Å². The van der Waals surface area contributed by atoms with Crippen LogP contribution in [-0.4, -0.2) is 23.1 Å². The van der Waals surface area contributed by atoms with Crippen LogP contribution in [0.5, 0.6) is 0 Å². The summed E-state index contributed by atoms with van der Waals surface area (Å²) in [5.41, 5.74) is 7.94. The third kappa shape index (κ3) is 3.15. The highest BCUT2D eigenvalue weighted by Crippen LogP contribution is 2.28. The summed E-state index contributed by atoms with van der Waals surface area (Å²) in [4.78, 5) is 11.1. The van der Waals surface area contributed by atoms with E-state index < -0.39 is 0 Å². The van der Waals surface area contributed by atoms with Crippen LogP contribution in [-0.2, 0) is 0 Å². The number of nitrogens with two attached hydrogens (primary N) is 1. The van der Waals surface area contributed by atoms with Crippen molar-refractivity contribution in [2.24, 2.45) is 5.41 Å². The molecule has 2 heterocycles. The van der Waals surface area contributed by atoms with Crippen molar-refractivity contribution in [1.82, 2.24) is 9.97 Å². The molecule has 0 saturated carbocycles. The van der Waals surface area contributed by atoms with Crippen LogP contribution in [0.2, 0.25) is 0 Å². The molecule has 4 heteroatoms. The molecule has 1 fully saturated rings. The molecule has 2 aliphatic rings. The van der Waals surface area contributed by atoms with E-state index in [1.165, 1.54) is 12.8 Å². The number of nitrogen functional groups attached to an aromatic ring is 1. The molecule has 4 nitrogen and oxygen atoms in total. The number of rotatable bonds is 2. The molecule has 0 aromatic carbocycles. The SMILES string of the molecule is CC1(C)C=CC=C(c2cc(N3CCCC3)nc(N)n2)C=C1. The van der Waals surface area contributed by atoms with E-state index in [0.717, 1.165) is 30.2 Å². The predicted octanol–water partition coefficient (Wildman–Crippen LogP) is 3.19. The van der Waals surface area contributed by atoms with Crippen LogP contribution in [0.15, 0.2) is 36.4 Å². The summed E-state index contributed by atoms with van der Waals surface area (Å²) in [5.74, 6) is 1.29. The molecule has 0 amide bonds. The highest BCUT2D eigenvalue weighted by molar-refractivity contribution is 5.75. The lowest BCUT2D eigenvalue weighted by Gasteiger charge is -2.17. The van der Waals surface area contributed by atoms with Crippen molar-refractivity contribution < 1.29 is 0 Å². The quantitative estimate of drug-likeness (QED) is 0.905. The van der Waals surface area contributed by atoms with Crippen molar-refractivity contribution in [3.05, 3.63) is 42.1 Å². The van der Waals surface area contributed by atoms with Crippen LogP contribution in [0.4, 0.5) is 11.8 Å². The molecule has 0 atom stereocenters. The normalized spacial score (nSPS) is 20.5. The van der Waals surface area contributed by atoms with Gasteiger partial charge in [0, 0.05) is 30.1 Å². The lowest BCUT2D eigenvalue weighted by atomic mass is 9.93. The smallest absolute Gasteiger partial charge is 0.222 e. The number of aromatic nitrogens is 2. The maximum Gasteiger partial charge on any atom is 0.222 e. The Labute approximate surface area is 126 Å². The Bertz CT molecular complexity index is 620. The summed E-state index contributed by atoms with van der Waals surface area (Å²) in [5, 5.41) is 0. The first-order valence-electron chi connectivity index (χ1n) is 7.52. The van der Waals surface area contributed by atoms with Crippen LogP contribution in [0.25, 0.3) is 5.57 Å². The maximum absolute atomic E-state index is 5.91. The summed E-state index contributed by atoms with van der Waals surface area (Å²) in [6.07, 6.45) is 13.1. The second-order valence-corrected chi connectivity index (χ2v) is 6.30. The molecule has 2 N–H and O–H groups in total. The van der Waals surface area contributed by atoms with Crippen molar-refractivity contribution in [2.75, 3.05) is 23.7 Å². The molecule has 1 saturated heterocycles. The van der Waals surface area contributed by atoms with Crippen LogP contribution < -0.4 is 10.6 Å². The van der Waals surface area contributed by atoms with Gasteiger partial charge < -0.3 is 10.6 Å². The van der Waals surface area contributed by atoms with Gasteiger partial charge in [-0.25, -0.2) is 4.98 Å². The van der Waals surface area contributed by atoms with Gasteiger partial charge in [0.1, 0.15) is 5.82 Å². The Balaban J connectivity index is 1.95. The van der Waals surface area contributed by atoms with E-state index in [1.807, 2.05) is 6.07 Å². The average Bonchev–Trinajstić information content (AvgIpc) is 2.89. The molecule has 0 bridgehead atoms. The fourth-order valence-corrected chi connectivity index (χ4v) is 2.69. The Kier molecular flexibility index (Phi) is 3.53. The fraction of sp³-hybridized carbons (Fsp3) is 0.412. The number of hydrogen-bond acceptors (Lipinski definition) is 4. The van der Waals surface area contributed by atoms with E-state index in [2.05, 4.69) is 59.1 Å². The average molecular weight is 282 g/mol. The molecular formula is C17H22N4. The molecule has 1 aliphatic heterocycles. The van der Waals surface area contributed by atoms with Crippen LogP contribution in [0.1, 0.15) is 32.4 Å². The minimum atomic E-state index is 0.0641. The molecule has 21 heavy (non-hydrogen) atoms. The Morgan fingerprint density at radius 3 is 2.67 bits per heavy atom. The van der Waals surface area contributed by atoms with Gasteiger partial charge in [-0.15, -0.1) is 0 Å². The van der Waals surface area contributed by atoms with E-state index in [1.54, 1.807) is 0 Å². The minimum Gasteiger partial charge on any atom is -0.368 e. The molecule has 0 radical (unpaired) electrons.